The second-order valence-corrected chi connectivity index (χ2v) is 16.2. The maximum atomic E-state index is 13.2. The van der Waals surface area contributed by atoms with Gasteiger partial charge in [-0.1, -0.05) is 13.8 Å². The van der Waals surface area contributed by atoms with Crippen LogP contribution in [0.15, 0.2) is 42.0 Å². The predicted octanol–water partition coefficient (Wildman–Crippen LogP) is 8.03. The van der Waals surface area contributed by atoms with Crippen molar-refractivity contribution in [1.29, 1.82) is 0 Å². The van der Waals surface area contributed by atoms with Crippen molar-refractivity contribution in [3.05, 3.63) is 42.0 Å². The first-order valence-electron chi connectivity index (χ1n) is 14.7. The Kier molecular flexibility index (Phi) is 7.46. The van der Waals surface area contributed by atoms with E-state index in [9.17, 15) is 4.79 Å². The summed E-state index contributed by atoms with van der Waals surface area (Å²) in [6.45, 7) is 12.6. The Morgan fingerprint density at radius 2 is 1.74 bits per heavy atom. The fourth-order valence-electron chi connectivity index (χ4n) is 9.38. The van der Waals surface area contributed by atoms with Gasteiger partial charge in [0.05, 0.1) is 0 Å². The van der Waals surface area contributed by atoms with Crippen LogP contribution in [-0.4, -0.2) is 20.7 Å². The summed E-state index contributed by atoms with van der Waals surface area (Å²) in [5.74, 6) is 5.64. The molecule has 8 atom stereocenters. The normalized spacial score (nSPS) is 39.5. The molecule has 0 spiro atoms. The van der Waals surface area contributed by atoms with Crippen LogP contribution in [0.4, 0.5) is 0 Å². The van der Waals surface area contributed by atoms with E-state index in [1.54, 1.807) is 0 Å². The molecule has 3 saturated carbocycles. The van der Waals surface area contributed by atoms with Crippen molar-refractivity contribution < 1.29 is 4.79 Å². The summed E-state index contributed by atoms with van der Waals surface area (Å²) in [7, 11) is 0. The molecule has 1 aromatic rings. The molecule has 4 aliphatic carbocycles. The first kappa shape index (κ1) is 25.8. The van der Waals surface area contributed by atoms with Gasteiger partial charge in [-0.3, -0.25) is 0 Å². The second-order valence-electron chi connectivity index (χ2n) is 13.6. The molecule has 1 aromatic carbocycles. The molecule has 0 aromatic heterocycles. The van der Waals surface area contributed by atoms with Gasteiger partial charge in [-0.2, -0.15) is 0 Å². The van der Waals surface area contributed by atoms with Gasteiger partial charge in [0.1, 0.15) is 0 Å². The molecule has 0 amide bonds. The number of carbonyl (C=O) groups is 1. The van der Waals surface area contributed by atoms with Crippen molar-refractivity contribution in [3.63, 3.8) is 0 Å². The van der Waals surface area contributed by atoms with Gasteiger partial charge < -0.3 is 0 Å². The fraction of sp³-hybridized carbons (Fsp3) is 0.727. The summed E-state index contributed by atoms with van der Waals surface area (Å²) >= 11 is 0.239. The monoisotopic (exact) mass is 540 g/mol. The molecule has 1 nitrogen and oxygen atoms in total. The molecule has 4 aliphatic rings. The van der Waals surface area contributed by atoms with Crippen LogP contribution in [0.2, 0.25) is 4.82 Å². The Hall–Kier alpha value is -0.851. The predicted molar refractivity (Wildman–Crippen MR) is 149 cm³/mol. The van der Waals surface area contributed by atoms with Gasteiger partial charge in [-0.05, 0) is 5.92 Å². The Bertz CT molecular complexity index is 934. The van der Waals surface area contributed by atoms with Gasteiger partial charge >= 0.3 is 202 Å². The van der Waals surface area contributed by atoms with Crippen molar-refractivity contribution in [3.8, 4) is 0 Å². The SMILES string of the molecule is CC(C)CCC[C@@H](C)[C@H]1CC[C@H]2[C@@H]3CCC4=CC(=O)[C@H]([Se]c5ccccc5)C[C@]4(C)[C@H]3CC[C@]12C. The topological polar surface area (TPSA) is 17.1 Å². The third-order valence-corrected chi connectivity index (χ3v) is 13.8. The maximum absolute atomic E-state index is 13.2. The van der Waals surface area contributed by atoms with E-state index in [0.717, 1.165) is 41.9 Å². The second kappa shape index (κ2) is 10.1. The molecule has 0 N–H and O–H groups in total. The molecule has 35 heavy (non-hydrogen) atoms. The average Bonchev–Trinajstić information content (AvgIpc) is 3.18. The van der Waals surface area contributed by atoms with Gasteiger partial charge in [-0.15, -0.1) is 0 Å². The minimum absolute atomic E-state index is 0.225. The third-order valence-electron chi connectivity index (χ3n) is 11.2. The summed E-state index contributed by atoms with van der Waals surface area (Å²) < 4.78 is 1.38. The Balaban J connectivity index is 1.32. The van der Waals surface area contributed by atoms with Crippen molar-refractivity contribution in [1.82, 2.24) is 0 Å². The van der Waals surface area contributed by atoms with Crippen molar-refractivity contribution in [2.75, 3.05) is 0 Å². The van der Waals surface area contributed by atoms with Crippen LogP contribution < -0.4 is 4.46 Å². The molecule has 0 radical (unpaired) electrons. The standard InChI is InChI=1S/C33H48OSe/c1-22(2)10-9-11-23(3)27-16-17-28-26-15-14-24-20-30(34)31(35-25-12-7-6-8-13-25)21-33(24,5)29(26)18-19-32(27,28)4/h6-8,12-13,20,22-23,26-29,31H,9-11,14-19,21H2,1-5H3/t23-,26+,27-,28+,29+,31-,32-,33+/m1/s1. The zero-order valence-electron chi connectivity index (χ0n) is 22.9. The summed E-state index contributed by atoms with van der Waals surface area (Å²) in [5.41, 5.74) is 2.32. The molecular formula is C33H48OSe. The quantitative estimate of drug-likeness (QED) is 0.321. The van der Waals surface area contributed by atoms with E-state index in [1.165, 1.54) is 67.8 Å². The van der Waals surface area contributed by atoms with Gasteiger partial charge in [0.2, 0.25) is 0 Å². The molecular weight excluding hydrogens is 491 g/mol. The fourth-order valence-corrected chi connectivity index (χ4v) is 12.0. The van der Waals surface area contributed by atoms with Crippen molar-refractivity contribution in [2.24, 2.45) is 46.3 Å². The molecule has 0 unspecified atom stereocenters. The van der Waals surface area contributed by atoms with Crippen LogP contribution in [0.5, 0.6) is 0 Å². The zero-order valence-corrected chi connectivity index (χ0v) is 24.6. The third kappa shape index (κ3) is 4.77. The Morgan fingerprint density at radius 3 is 2.49 bits per heavy atom. The Morgan fingerprint density at radius 1 is 0.971 bits per heavy atom. The molecule has 2 heteroatoms. The minimum atomic E-state index is 0.225. The first-order chi connectivity index (χ1) is 16.7. The van der Waals surface area contributed by atoms with Gasteiger partial charge in [0.25, 0.3) is 0 Å². The number of hydrogen-bond acceptors (Lipinski definition) is 1. The molecule has 3 fully saturated rings. The van der Waals surface area contributed by atoms with Gasteiger partial charge in [0, 0.05) is 0 Å². The van der Waals surface area contributed by atoms with Gasteiger partial charge in [-0.25, -0.2) is 0 Å². The number of fused-ring (bicyclic) bond motifs is 5. The van der Waals surface area contributed by atoms with Crippen LogP contribution in [0, 0.1) is 46.3 Å². The first-order valence-corrected chi connectivity index (χ1v) is 16.5. The van der Waals surface area contributed by atoms with Crippen molar-refractivity contribution >= 4 is 25.2 Å². The summed E-state index contributed by atoms with van der Waals surface area (Å²) in [6, 6.07) is 10.8. The molecule has 0 aliphatic heterocycles. The molecule has 0 bridgehead atoms. The summed E-state index contributed by atoms with van der Waals surface area (Å²) in [5, 5.41) is 0. The average molecular weight is 540 g/mol. The van der Waals surface area contributed by atoms with E-state index >= 15 is 0 Å². The molecule has 5 rings (SSSR count). The van der Waals surface area contributed by atoms with Crippen LogP contribution in [0.25, 0.3) is 0 Å². The zero-order chi connectivity index (χ0) is 24.8. The summed E-state index contributed by atoms with van der Waals surface area (Å²) in [4.78, 5) is 13.4. The van der Waals surface area contributed by atoms with E-state index in [0.29, 0.717) is 11.2 Å². The number of carbonyl (C=O) groups excluding carboxylic acids is 1. The van der Waals surface area contributed by atoms with E-state index in [1.807, 2.05) is 0 Å². The number of hydrogen-bond donors (Lipinski definition) is 0. The van der Waals surface area contributed by atoms with Crippen LogP contribution >= 0.6 is 0 Å². The van der Waals surface area contributed by atoms with E-state index in [4.69, 9.17) is 0 Å². The summed E-state index contributed by atoms with van der Waals surface area (Å²) in [6.07, 6.45) is 15.7. The van der Waals surface area contributed by atoms with Crippen LogP contribution in [0.1, 0.15) is 98.8 Å². The molecule has 0 saturated heterocycles. The molecule has 192 valence electrons. The number of allylic oxidation sites excluding steroid dienone is 1. The van der Waals surface area contributed by atoms with Crippen LogP contribution in [-0.2, 0) is 4.79 Å². The van der Waals surface area contributed by atoms with E-state index in [2.05, 4.69) is 71.0 Å². The van der Waals surface area contributed by atoms with Crippen molar-refractivity contribution in [2.45, 2.75) is 104 Å². The van der Waals surface area contributed by atoms with E-state index in [-0.39, 0.29) is 25.2 Å². The molecule has 0 heterocycles. The number of rotatable bonds is 7. The van der Waals surface area contributed by atoms with E-state index < -0.39 is 0 Å². The van der Waals surface area contributed by atoms with Crippen LogP contribution in [0.3, 0.4) is 0 Å². The Labute approximate surface area is 221 Å². The van der Waals surface area contributed by atoms with Gasteiger partial charge in [0.15, 0.2) is 0 Å². The number of ketones is 1. The number of benzene rings is 1.